The Labute approximate surface area is 220 Å². The van der Waals surface area contributed by atoms with Gasteiger partial charge in [0.15, 0.2) is 0 Å². The molecule has 2 saturated heterocycles. The summed E-state index contributed by atoms with van der Waals surface area (Å²) in [6.07, 6.45) is 1.41. The summed E-state index contributed by atoms with van der Waals surface area (Å²) >= 11 is 1.41. The van der Waals surface area contributed by atoms with Crippen LogP contribution in [0.25, 0.3) is 0 Å². The number of unbranched alkanes of at least 4 members (excludes halogenated alkanes) is 1. The van der Waals surface area contributed by atoms with Crippen molar-refractivity contribution in [1.29, 1.82) is 5.41 Å². The van der Waals surface area contributed by atoms with E-state index in [1.165, 1.54) is 22.7 Å². The van der Waals surface area contributed by atoms with Gasteiger partial charge in [-0.1, -0.05) is 19.6 Å². The molecule has 204 valence electrons. The summed E-state index contributed by atoms with van der Waals surface area (Å²) in [4.78, 5) is 51.5. The molecule has 0 aromatic carbocycles. The molecule has 5 N–H and O–H groups in total. The van der Waals surface area contributed by atoms with E-state index in [2.05, 4.69) is 17.2 Å². The Morgan fingerprint density at radius 1 is 1.27 bits per heavy atom. The van der Waals surface area contributed by atoms with Gasteiger partial charge in [-0.2, -0.15) is 0 Å². The average molecular weight is 538 g/mol. The number of alkyl carbamates (subject to hydrolysis) is 1. The van der Waals surface area contributed by atoms with Gasteiger partial charge in [0.25, 0.3) is 0 Å². The van der Waals surface area contributed by atoms with Crippen LogP contribution in [0.15, 0.2) is 23.3 Å². The molecule has 0 unspecified atom stereocenters. The number of carboxylic acid groups (broad SMARTS) is 1. The lowest BCUT2D eigenvalue weighted by Gasteiger charge is -2.46. The maximum atomic E-state index is 12.5. The second-order valence-corrected chi connectivity index (χ2v) is 10.8. The van der Waals surface area contributed by atoms with Crippen molar-refractivity contribution in [2.45, 2.75) is 50.5 Å². The van der Waals surface area contributed by atoms with Crippen molar-refractivity contribution in [3.8, 4) is 0 Å². The lowest BCUT2D eigenvalue weighted by Crippen LogP contribution is -2.63. The van der Waals surface area contributed by atoms with Crippen LogP contribution in [0.3, 0.4) is 0 Å². The largest absolute Gasteiger partial charge is 0.477 e. The summed E-state index contributed by atoms with van der Waals surface area (Å²) in [6.45, 7) is 8.91. The Bertz CT molecular complexity index is 979. The SMILES string of the molecule is C=CCOC(=O)NCCCCNC(=O)CC(=N)N1CC(SC2=C(C(=O)O)N3C(=O)[C@H]([C@@H](C)O)[C@H]3[C@H]2C)C1. The highest BCUT2D eigenvalue weighted by Gasteiger charge is 2.60. The lowest BCUT2D eigenvalue weighted by molar-refractivity contribution is -0.163. The van der Waals surface area contributed by atoms with E-state index in [4.69, 9.17) is 10.1 Å². The third-order valence-electron chi connectivity index (χ3n) is 6.69. The molecule has 0 saturated carbocycles. The Morgan fingerprint density at radius 2 is 1.92 bits per heavy atom. The summed E-state index contributed by atoms with van der Waals surface area (Å²) in [5.41, 5.74) is 0.00107. The van der Waals surface area contributed by atoms with Crippen LogP contribution in [0.1, 0.15) is 33.1 Å². The number of carbonyl (C=O) groups is 4. The quantitative estimate of drug-likeness (QED) is 0.0746. The van der Waals surface area contributed by atoms with Crippen molar-refractivity contribution < 1.29 is 34.1 Å². The molecule has 3 amide bonds. The number of fused-ring (bicyclic) bond motifs is 1. The minimum atomic E-state index is -1.15. The van der Waals surface area contributed by atoms with Crippen LogP contribution < -0.4 is 10.6 Å². The summed E-state index contributed by atoms with van der Waals surface area (Å²) in [5.74, 6) is -2.36. The van der Waals surface area contributed by atoms with Crippen molar-refractivity contribution in [2.75, 3.05) is 32.8 Å². The first-order valence-electron chi connectivity index (χ1n) is 12.3. The van der Waals surface area contributed by atoms with Crippen LogP contribution in [0.4, 0.5) is 4.79 Å². The third-order valence-corrected chi connectivity index (χ3v) is 8.14. The van der Waals surface area contributed by atoms with Crippen LogP contribution in [0, 0.1) is 17.2 Å². The van der Waals surface area contributed by atoms with Gasteiger partial charge >= 0.3 is 12.1 Å². The maximum absolute atomic E-state index is 12.5. The molecule has 4 atom stereocenters. The fraction of sp³-hybridized carbons (Fsp3) is 0.625. The molecule has 3 aliphatic heterocycles. The van der Waals surface area contributed by atoms with Gasteiger partial charge in [0.2, 0.25) is 11.8 Å². The van der Waals surface area contributed by atoms with Crippen molar-refractivity contribution >= 4 is 41.5 Å². The highest BCUT2D eigenvalue weighted by atomic mass is 32.2. The zero-order valence-corrected chi connectivity index (χ0v) is 21.9. The number of ether oxygens (including phenoxy) is 1. The van der Waals surface area contributed by atoms with Gasteiger partial charge in [-0.05, 0) is 19.8 Å². The average Bonchev–Trinajstić information content (AvgIpc) is 3.04. The Hall–Kier alpha value is -3.06. The molecule has 0 aliphatic carbocycles. The van der Waals surface area contributed by atoms with E-state index in [-0.39, 0.29) is 53.6 Å². The first-order chi connectivity index (χ1) is 17.6. The number of aliphatic hydroxyl groups excluding tert-OH is 1. The molecular weight excluding hydrogens is 502 g/mol. The second kappa shape index (κ2) is 12.5. The number of amidine groups is 1. The summed E-state index contributed by atoms with van der Waals surface area (Å²) in [5, 5.41) is 33.3. The molecule has 12 nitrogen and oxygen atoms in total. The zero-order valence-electron chi connectivity index (χ0n) is 21.1. The van der Waals surface area contributed by atoms with Gasteiger partial charge in [-0.15, -0.1) is 11.8 Å². The van der Waals surface area contributed by atoms with Crippen LogP contribution in [-0.4, -0.2) is 99.9 Å². The number of likely N-dealkylation sites (tertiary alicyclic amines) is 1. The number of β-lactam (4-membered cyclic amide) rings is 1. The summed E-state index contributed by atoms with van der Waals surface area (Å²) < 4.78 is 4.79. The van der Waals surface area contributed by atoms with Gasteiger partial charge in [0.05, 0.1) is 24.5 Å². The fourth-order valence-corrected chi connectivity index (χ4v) is 6.29. The van der Waals surface area contributed by atoms with Crippen LogP contribution in [0.2, 0.25) is 0 Å². The number of nitrogens with one attached hydrogen (secondary N) is 3. The predicted molar refractivity (Wildman–Crippen MR) is 137 cm³/mol. The number of thioether (sulfide) groups is 1. The lowest BCUT2D eigenvalue weighted by atomic mass is 9.79. The minimum absolute atomic E-state index is 0.00107. The first kappa shape index (κ1) is 28.5. The van der Waals surface area contributed by atoms with E-state index in [1.54, 1.807) is 11.8 Å². The molecule has 0 radical (unpaired) electrons. The van der Waals surface area contributed by atoms with E-state index in [0.717, 1.165) is 0 Å². The van der Waals surface area contributed by atoms with Crippen LogP contribution in [0.5, 0.6) is 0 Å². The number of hydrogen-bond acceptors (Lipinski definition) is 8. The standard InChI is InChI=1S/C24H35N5O7S/c1-4-9-36-24(35)27-8-6-5-7-26-17(31)10-16(25)28-11-15(12-28)37-21-13(2)19-18(14(3)30)22(32)29(19)20(21)23(33)34/h4,13-15,18-19,25,30H,1,5-12H2,2-3H3,(H,26,31)(H,27,35)(H,33,34)/t13-,14-,18-,19-/m1/s1. The number of aliphatic carboxylic acids is 1. The zero-order chi connectivity index (χ0) is 27.3. The molecule has 0 bridgehead atoms. The van der Waals surface area contributed by atoms with Gasteiger partial charge in [0.1, 0.15) is 18.1 Å². The molecule has 0 aromatic heterocycles. The minimum Gasteiger partial charge on any atom is -0.477 e. The highest BCUT2D eigenvalue weighted by Crippen LogP contribution is 2.51. The number of carbonyl (C=O) groups excluding carboxylic acids is 3. The highest BCUT2D eigenvalue weighted by molar-refractivity contribution is 8.03. The van der Waals surface area contributed by atoms with Gasteiger partial charge in [0, 0.05) is 42.3 Å². The van der Waals surface area contributed by atoms with Crippen molar-refractivity contribution in [2.24, 2.45) is 11.8 Å². The first-order valence-corrected chi connectivity index (χ1v) is 13.2. The van der Waals surface area contributed by atoms with Crippen LogP contribution in [-0.2, 0) is 19.1 Å². The summed E-state index contributed by atoms with van der Waals surface area (Å²) in [6, 6.07) is -0.346. The molecule has 3 heterocycles. The number of carboxylic acids is 1. The van der Waals surface area contributed by atoms with E-state index < -0.39 is 24.1 Å². The Morgan fingerprint density at radius 3 is 2.51 bits per heavy atom. The van der Waals surface area contributed by atoms with Crippen molar-refractivity contribution in [3.63, 3.8) is 0 Å². The normalized spacial score (nSPS) is 23.5. The predicted octanol–water partition coefficient (Wildman–Crippen LogP) is 0.733. The van der Waals surface area contributed by atoms with Gasteiger partial charge in [-0.25, -0.2) is 9.59 Å². The number of hydrogen-bond donors (Lipinski definition) is 5. The number of aliphatic hydroxyl groups is 1. The van der Waals surface area contributed by atoms with E-state index in [1.807, 2.05) is 6.92 Å². The molecule has 3 rings (SSSR count). The van der Waals surface area contributed by atoms with E-state index >= 15 is 0 Å². The molecular formula is C24H35N5O7S. The van der Waals surface area contributed by atoms with E-state index in [0.29, 0.717) is 43.9 Å². The second-order valence-electron chi connectivity index (χ2n) is 9.41. The van der Waals surface area contributed by atoms with Crippen LogP contribution >= 0.6 is 11.8 Å². The molecule has 3 aliphatic rings. The number of amides is 3. The molecule has 37 heavy (non-hydrogen) atoms. The smallest absolute Gasteiger partial charge is 0.407 e. The maximum Gasteiger partial charge on any atom is 0.407 e. The number of rotatable bonds is 13. The molecule has 13 heteroatoms. The Kier molecular flexibility index (Phi) is 9.60. The molecule has 0 aromatic rings. The van der Waals surface area contributed by atoms with Gasteiger partial charge < -0.3 is 35.4 Å². The summed E-state index contributed by atoms with van der Waals surface area (Å²) in [7, 11) is 0. The topological polar surface area (TPSA) is 172 Å². The third kappa shape index (κ3) is 6.45. The van der Waals surface area contributed by atoms with Crippen molar-refractivity contribution in [1.82, 2.24) is 20.4 Å². The fourth-order valence-electron chi connectivity index (χ4n) is 4.77. The number of nitrogens with zero attached hydrogens (tertiary/aromatic N) is 2. The van der Waals surface area contributed by atoms with Crippen molar-refractivity contribution in [3.05, 3.63) is 23.3 Å². The molecule has 2 fully saturated rings. The van der Waals surface area contributed by atoms with E-state index in [9.17, 15) is 29.4 Å². The molecule has 0 spiro atoms. The Balaban J connectivity index is 1.37. The van der Waals surface area contributed by atoms with Gasteiger partial charge in [-0.3, -0.25) is 15.0 Å². The monoisotopic (exact) mass is 537 g/mol.